The monoisotopic (exact) mass is 283 g/mol. The molecule has 2 atom stereocenters. The minimum absolute atomic E-state index is 0.149. The fraction of sp³-hybridized carbons (Fsp3) is 0.333. The van der Waals surface area contributed by atoms with E-state index in [-0.39, 0.29) is 12.3 Å². The summed E-state index contributed by atoms with van der Waals surface area (Å²) in [7, 11) is 0. The number of rotatable bonds is 5. The van der Waals surface area contributed by atoms with Crippen molar-refractivity contribution in [2.24, 2.45) is 0 Å². The molecule has 1 aliphatic heterocycles. The molecule has 3 rings (SSSR count). The lowest BCUT2D eigenvalue weighted by Crippen LogP contribution is -2.22. The minimum atomic E-state index is -0.149. The summed E-state index contributed by atoms with van der Waals surface area (Å²) in [5.74, 6) is 0. The maximum Gasteiger partial charge on any atom is 0.179 e. The predicted octanol–water partition coefficient (Wildman–Crippen LogP) is 3.93. The van der Waals surface area contributed by atoms with E-state index in [1.165, 1.54) is 11.1 Å². The SMILES string of the molecule is CCO[C@@H]1C[C@@H](c2ccccc2)N(Cc2ccccc2)O1. The fourth-order valence-corrected chi connectivity index (χ4v) is 2.74. The van der Waals surface area contributed by atoms with Crippen LogP contribution in [0.4, 0.5) is 0 Å². The zero-order valence-corrected chi connectivity index (χ0v) is 12.3. The smallest absolute Gasteiger partial charge is 0.179 e. The lowest BCUT2D eigenvalue weighted by molar-refractivity contribution is -0.243. The summed E-state index contributed by atoms with van der Waals surface area (Å²) < 4.78 is 5.66. The molecule has 0 amide bonds. The largest absolute Gasteiger partial charge is 0.351 e. The van der Waals surface area contributed by atoms with Gasteiger partial charge in [0.1, 0.15) is 0 Å². The second-order valence-corrected chi connectivity index (χ2v) is 5.21. The summed E-state index contributed by atoms with van der Waals surface area (Å²) >= 11 is 0. The molecule has 0 N–H and O–H groups in total. The molecule has 3 heteroatoms. The lowest BCUT2D eigenvalue weighted by atomic mass is 10.0. The van der Waals surface area contributed by atoms with E-state index in [0.717, 1.165) is 13.0 Å². The van der Waals surface area contributed by atoms with Gasteiger partial charge in [-0.2, -0.15) is 5.06 Å². The van der Waals surface area contributed by atoms with Gasteiger partial charge in [-0.15, -0.1) is 0 Å². The third-order valence-electron chi connectivity index (χ3n) is 3.73. The van der Waals surface area contributed by atoms with Gasteiger partial charge in [-0.1, -0.05) is 60.7 Å². The topological polar surface area (TPSA) is 21.7 Å². The van der Waals surface area contributed by atoms with Gasteiger partial charge in [-0.05, 0) is 18.1 Å². The number of hydroxylamine groups is 2. The molecule has 0 unspecified atom stereocenters. The Morgan fingerprint density at radius 1 is 1.05 bits per heavy atom. The first-order valence-corrected chi connectivity index (χ1v) is 7.50. The number of hydrogen-bond acceptors (Lipinski definition) is 3. The van der Waals surface area contributed by atoms with E-state index in [4.69, 9.17) is 9.57 Å². The van der Waals surface area contributed by atoms with Gasteiger partial charge in [0.05, 0.1) is 6.04 Å². The van der Waals surface area contributed by atoms with Crippen LogP contribution in [-0.4, -0.2) is 18.0 Å². The van der Waals surface area contributed by atoms with Gasteiger partial charge >= 0.3 is 0 Å². The van der Waals surface area contributed by atoms with Crippen LogP contribution < -0.4 is 0 Å². The molecule has 0 saturated carbocycles. The Balaban J connectivity index is 1.78. The normalized spacial score (nSPS) is 22.5. The van der Waals surface area contributed by atoms with Gasteiger partial charge < -0.3 is 4.74 Å². The van der Waals surface area contributed by atoms with E-state index in [9.17, 15) is 0 Å². The van der Waals surface area contributed by atoms with Crippen LogP contribution in [0.15, 0.2) is 60.7 Å². The highest BCUT2D eigenvalue weighted by molar-refractivity contribution is 5.20. The molecule has 110 valence electrons. The number of ether oxygens (including phenoxy) is 1. The third-order valence-corrected chi connectivity index (χ3v) is 3.73. The van der Waals surface area contributed by atoms with Crippen molar-refractivity contribution in [3.8, 4) is 0 Å². The molecule has 21 heavy (non-hydrogen) atoms. The quantitative estimate of drug-likeness (QED) is 0.830. The van der Waals surface area contributed by atoms with E-state index < -0.39 is 0 Å². The van der Waals surface area contributed by atoms with E-state index in [1.807, 2.05) is 24.1 Å². The fourth-order valence-electron chi connectivity index (χ4n) is 2.74. The Hall–Kier alpha value is -1.68. The summed E-state index contributed by atoms with van der Waals surface area (Å²) in [5, 5.41) is 2.05. The van der Waals surface area contributed by atoms with Gasteiger partial charge in [0.25, 0.3) is 0 Å². The zero-order chi connectivity index (χ0) is 14.5. The van der Waals surface area contributed by atoms with Gasteiger partial charge in [-0.3, -0.25) is 4.84 Å². The van der Waals surface area contributed by atoms with Crippen molar-refractivity contribution in [3.63, 3.8) is 0 Å². The second kappa shape index (κ2) is 6.85. The summed E-state index contributed by atoms with van der Waals surface area (Å²) in [6, 6.07) is 21.1. The first-order chi connectivity index (χ1) is 10.4. The summed E-state index contributed by atoms with van der Waals surface area (Å²) in [6.07, 6.45) is 0.717. The molecule has 0 radical (unpaired) electrons. The summed E-state index contributed by atoms with van der Waals surface area (Å²) in [4.78, 5) is 5.98. The van der Waals surface area contributed by atoms with Gasteiger partial charge in [0, 0.05) is 19.6 Å². The Morgan fingerprint density at radius 2 is 1.71 bits per heavy atom. The molecule has 1 fully saturated rings. The van der Waals surface area contributed by atoms with Crippen LogP contribution in [0.1, 0.15) is 30.5 Å². The van der Waals surface area contributed by atoms with E-state index in [2.05, 4.69) is 48.5 Å². The van der Waals surface area contributed by atoms with Crippen molar-refractivity contribution in [1.82, 2.24) is 5.06 Å². The van der Waals surface area contributed by atoms with Crippen LogP contribution in [0.25, 0.3) is 0 Å². The van der Waals surface area contributed by atoms with Crippen molar-refractivity contribution < 1.29 is 9.57 Å². The van der Waals surface area contributed by atoms with Crippen LogP contribution in [-0.2, 0) is 16.1 Å². The number of nitrogens with zero attached hydrogens (tertiary/aromatic N) is 1. The minimum Gasteiger partial charge on any atom is -0.351 e. The average molecular weight is 283 g/mol. The Morgan fingerprint density at radius 3 is 2.38 bits per heavy atom. The molecule has 0 aromatic heterocycles. The standard InChI is InChI=1S/C18H21NO2/c1-2-20-18-13-17(16-11-7-4-8-12-16)19(21-18)14-15-9-5-3-6-10-15/h3-12,17-18H,2,13-14H2,1H3/t17-,18-/m0/s1. The Kier molecular flexibility index (Phi) is 4.65. The second-order valence-electron chi connectivity index (χ2n) is 5.21. The zero-order valence-electron chi connectivity index (χ0n) is 12.3. The maximum absolute atomic E-state index is 5.98. The van der Waals surface area contributed by atoms with Crippen LogP contribution in [0, 0.1) is 0 Å². The van der Waals surface area contributed by atoms with E-state index in [0.29, 0.717) is 6.61 Å². The maximum atomic E-state index is 5.98. The molecule has 1 saturated heterocycles. The van der Waals surface area contributed by atoms with E-state index >= 15 is 0 Å². The summed E-state index contributed by atoms with van der Waals surface area (Å²) in [5.41, 5.74) is 2.52. The van der Waals surface area contributed by atoms with Crippen molar-refractivity contribution in [2.45, 2.75) is 32.2 Å². The third kappa shape index (κ3) is 3.50. The molecule has 0 aliphatic carbocycles. The highest BCUT2D eigenvalue weighted by Gasteiger charge is 2.34. The van der Waals surface area contributed by atoms with Gasteiger partial charge in [0.2, 0.25) is 0 Å². The van der Waals surface area contributed by atoms with Crippen LogP contribution in [0.2, 0.25) is 0 Å². The molecular formula is C18H21NO2. The molecule has 2 aromatic rings. The predicted molar refractivity (Wildman–Crippen MR) is 82.3 cm³/mol. The first kappa shape index (κ1) is 14.3. The molecule has 2 aromatic carbocycles. The Labute approximate surface area is 126 Å². The molecular weight excluding hydrogens is 262 g/mol. The van der Waals surface area contributed by atoms with Crippen LogP contribution in [0.5, 0.6) is 0 Å². The van der Waals surface area contributed by atoms with Crippen molar-refractivity contribution in [1.29, 1.82) is 0 Å². The van der Waals surface area contributed by atoms with Crippen LogP contribution >= 0.6 is 0 Å². The lowest BCUT2D eigenvalue weighted by Gasteiger charge is -2.22. The Bertz CT molecular complexity index is 544. The highest BCUT2D eigenvalue weighted by atomic mass is 16.8. The molecule has 0 spiro atoms. The number of benzene rings is 2. The van der Waals surface area contributed by atoms with Crippen molar-refractivity contribution >= 4 is 0 Å². The van der Waals surface area contributed by atoms with Crippen LogP contribution in [0.3, 0.4) is 0 Å². The summed E-state index contributed by atoms with van der Waals surface area (Å²) in [6.45, 7) is 3.44. The van der Waals surface area contributed by atoms with E-state index in [1.54, 1.807) is 0 Å². The van der Waals surface area contributed by atoms with Gasteiger partial charge in [-0.25, -0.2) is 0 Å². The van der Waals surface area contributed by atoms with Gasteiger partial charge in [0.15, 0.2) is 6.29 Å². The molecule has 3 nitrogen and oxygen atoms in total. The molecule has 0 bridgehead atoms. The van der Waals surface area contributed by atoms with Crippen molar-refractivity contribution in [3.05, 3.63) is 71.8 Å². The van der Waals surface area contributed by atoms with Crippen molar-refractivity contribution in [2.75, 3.05) is 6.61 Å². The number of hydrogen-bond donors (Lipinski definition) is 0. The highest BCUT2D eigenvalue weighted by Crippen LogP contribution is 2.35. The molecule has 1 heterocycles. The average Bonchev–Trinajstić information content (AvgIpc) is 2.92. The molecule has 1 aliphatic rings. The first-order valence-electron chi connectivity index (χ1n) is 7.50.